The first kappa shape index (κ1) is 13.4. The lowest BCUT2D eigenvalue weighted by Gasteiger charge is -2.38. The first-order chi connectivity index (χ1) is 7.14. The average molecular weight is 248 g/mol. The van der Waals surface area contributed by atoms with E-state index in [1.165, 1.54) is 6.07 Å². The molecule has 1 saturated heterocycles. The van der Waals surface area contributed by atoms with Gasteiger partial charge in [0, 0.05) is 5.56 Å². The fourth-order valence-corrected chi connectivity index (χ4v) is 2.18. The molecular formula is C12H16ClF2N. The van der Waals surface area contributed by atoms with Gasteiger partial charge in [-0.15, -0.1) is 12.4 Å². The Labute approximate surface area is 101 Å². The van der Waals surface area contributed by atoms with Gasteiger partial charge < -0.3 is 5.32 Å². The summed E-state index contributed by atoms with van der Waals surface area (Å²) in [6.45, 7) is 2.47. The summed E-state index contributed by atoms with van der Waals surface area (Å²) in [6, 6.07) is 6.40. The maximum Gasteiger partial charge on any atom is 0.128 e. The molecular weight excluding hydrogens is 232 g/mol. The number of nitrogens with one attached hydrogen (secondary N) is 1. The molecule has 1 aromatic carbocycles. The summed E-state index contributed by atoms with van der Waals surface area (Å²) in [7, 11) is 0. The van der Waals surface area contributed by atoms with E-state index in [9.17, 15) is 8.78 Å². The third-order valence-corrected chi connectivity index (χ3v) is 3.19. The summed E-state index contributed by atoms with van der Waals surface area (Å²) in [5.41, 5.74) is -0.443. The molecule has 2 rings (SSSR count). The third-order valence-electron chi connectivity index (χ3n) is 3.19. The maximum atomic E-state index is 13.9. The fraction of sp³-hybridized carbons (Fsp3) is 0.500. The summed E-state index contributed by atoms with van der Waals surface area (Å²) in [5.74, 6) is -0.336. The Kier molecular flexibility index (Phi) is 4.28. The largest absolute Gasteiger partial charge is 0.305 e. The highest BCUT2D eigenvalue weighted by Gasteiger charge is 2.39. The van der Waals surface area contributed by atoms with Gasteiger partial charge in [0.1, 0.15) is 12.0 Å². The zero-order chi connectivity index (χ0) is 10.9. The van der Waals surface area contributed by atoms with Gasteiger partial charge in [-0.2, -0.15) is 0 Å². The predicted molar refractivity (Wildman–Crippen MR) is 63.1 cm³/mol. The van der Waals surface area contributed by atoms with E-state index < -0.39 is 11.7 Å². The Morgan fingerprint density at radius 3 is 2.69 bits per heavy atom. The lowest BCUT2D eigenvalue weighted by atomic mass is 9.82. The minimum Gasteiger partial charge on any atom is -0.305 e. The van der Waals surface area contributed by atoms with E-state index in [0.29, 0.717) is 12.0 Å². The Balaban J connectivity index is 0.00000128. The molecule has 1 aliphatic heterocycles. The monoisotopic (exact) mass is 247 g/mol. The van der Waals surface area contributed by atoms with Crippen LogP contribution in [0.4, 0.5) is 8.78 Å². The van der Waals surface area contributed by atoms with Gasteiger partial charge in [-0.3, -0.25) is 0 Å². The number of hydrogen-bond donors (Lipinski definition) is 1. The summed E-state index contributed by atoms with van der Waals surface area (Å²) in [5, 5.41) is 3.09. The van der Waals surface area contributed by atoms with Gasteiger partial charge in [-0.05, 0) is 32.4 Å². The predicted octanol–water partition coefficient (Wildman–Crippen LogP) is 3.18. The quantitative estimate of drug-likeness (QED) is 0.804. The molecule has 0 saturated carbocycles. The van der Waals surface area contributed by atoms with Crippen LogP contribution in [0.2, 0.25) is 0 Å². The number of rotatable bonds is 1. The molecule has 0 bridgehead atoms. The molecule has 1 N–H and O–H groups in total. The molecule has 1 nitrogen and oxygen atoms in total. The second-order valence-corrected chi connectivity index (χ2v) is 4.22. The molecule has 1 aromatic rings. The van der Waals surface area contributed by atoms with Crippen LogP contribution in [0.1, 0.15) is 25.3 Å². The summed E-state index contributed by atoms with van der Waals surface area (Å²) in [6.07, 6.45) is 0.284. The number of halogens is 3. The van der Waals surface area contributed by atoms with E-state index in [2.05, 4.69) is 5.32 Å². The highest BCUT2D eigenvalue weighted by atomic mass is 35.5. The molecule has 1 fully saturated rings. The van der Waals surface area contributed by atoms with Crippen LogP contribution in [-0.4, -0.2) is 12.7 Å². The highest BCUT2D eigenvalue weighted by Crippen LogP contribution is 2.33. The van der Waals surface area contributed by atoms with Gasteiger partial charge in [-0.25, -0.2) is 8.78 Å². The van der Waals surface area contributed by atoms with E-state index >= 15 is 0 Å². The van der Waals surface area contributed by atoms with Crippen molar-refractivity contribution in [1.82, 2.24) is 5.32 Å². The average Bonchev–Trinajstić information content (AvgIpc) is 2.23. The Morgan fingerprint density at radius 1 is 1.38 bits per heavy atom. The van der Waals surface area contributed by atoms with Crippen molar-refractivity contribution >= 4 is 12.4 Å². The second kappa shape index (κ2) is 5.11. The lowest BCUT2D eigenvalue weighted by molar-refractivity contribution is 0.118. The smallest absolute Gasteiger partial charge is 0.128 e. The van der Waals surface area contributed by atoms with Crippen molar-refractivity contribution in [1.29, 1.82) is 0 Å². The summed E-state index contributed by atoms with van der Waals surface area (Å²) >= 11 is 0. The number of hydrogen-bond acceptors (Lipinski definition) is 1. The van der Waals surface area contributed by atoms with Crippen LogP contribution in [-0.2, 0) is 5.54 Å². The molecule has 0 aromatic heterocycles. The Bertz CT molecular complexity index is 359. The zero-order valence-corrected chi connectivity index (χ0v) is 9.99. The van der Waals surface area contributed by atoms with Crippen LogP contribution < -0.4 is 5.32 Å². The van der Waals surface area contributed by atoms with E-state index in [4.69, 9.17) is 0 Å². The molecule has 0 radical (unpaired) electrons. The molecule has 1 heterocycles. The lowest BCUT2D eigenvalue weighted by Crippen LogP contribution is -2.51. The highest BCUT2D eigenvalue weighted by molar-refractivity contribution is 5.85. The van der Waals surface area contributed by atoms with Crippen molar-refractivity contribution in [2.45, 2.75) is 31.5 Å². The standard InChI is InChI=1S/C12H15F2N.ClH/c1-12(11(14)7-4-8-15-12)9-5-2-3-6-10(9)13;/h2-3,5-6,11,15H,4,7-8H2,1H3;1H. The van der Waals surface area contributed by atoms with Crippen molar-refractivity contribution in [2.24, 2.45) is 0 Å². The molecule has 0 amide bonds. The third kappa shape index (κ3) is 2.20. The topological polar surface area (TPSA) is 12.0 Å². The molecule has 1 aliphatic rings. The van der Waals surface area contributed by atoms with E-state index in [0.717, 1.165) is 13.0 Å². The van der Waals surface area contributed by atoms with Gasteiger partial charge in [0.25, 0.3) is 0 Å². The van der Waals surface area contributed by atoms with Gasteiger partial charge in [-0.1, -0.05) is 18.2 Å². The van der Waals surface area contributed by atoms with Crippen LogP contribution in [0.5, 0.6) is 0 Å². The zero-order valence-electron chi connectivity index (χ0n) is 9.17. The van der Waals surface area contributed by atoms with Crippen molar-refractivity contribution in [3.63, 3.8) is 0 Å². The first-order valence-electron chi connectivity index (χ1n) is 5.29. The first-order valence-corrected chi connectivity index (χ1v) is 5.29. The van der Waals surface area contributed by atoms with Crippen molar-refractivity contribution in [3.8, 4) is 0 Å². The van der Waals surface area contributed by atoms with E-state index in [1.54, 1.807) is 25.1 Å². The van der Waals surface area contributed by atoms with E-state index in [-0.39, 0.29) is 18.2 Å². The molecule has 2 unspecified atom stereocenters. The molecule has 0 aliphatic carbocycles. The maximum absolute atomic E-state index is 13.9. The Morgan fingerprint density at radius 2 is 2.06 bits per heavy atom. The van der Waals surface area contributed by atoms with Gasteiger partial charge in [0.05, 0.1) is 5.54 Å². The van der Waals surface area contributed by atoms with Crippen molar-refractivity contribution in [2.75, 3.05) is 6.54 Å². The van der Waals surface area contributed by atoms with Gasteiger partial charge in [0.15, 0.2) is 0 Å². The Hall–Kier alpha value is -0.670. The molecule has 2 atom stereocenters. The van der Waals surface area contributed by atoms with Crippen LogP contribution in [0, 0.1) is 5.82 Å². The van der Waals surface area contributed by atoms with Crippen LogP contribution >= 0.6 is 12.4 Å². The van der Waals surface area contributed by atoms with Crippen LogP contribution in [0.15, 0.2) is 24.3 Å². The normalized spacial score (nSPS) is 29.6. The van der Waals surface area contributed by atoms with E-state index in [1.807, 2.05) is 0 Å². The van der Waals surface area contributed by atoms with Crippen molar-refractivity contribution in [3.05, 3.63) is 35.6 Å². The minimum atomic E-state index is -1.02. The van der Waals surface area contributed by atoms with Crippen LogP contribution in [0.25, 0.3) is 0 Å². The molecule has 0 spiro atoms. The molecule has 4 heteroatoms. The molecule has 16 heavy (non-hydrogen) atoms. The number of benzene rings is 1. The van der Waals surface area contributed by atoms with Crippen molar-refractivity contribution < 1.29 is 8.78 Å². The number of piperidine rings is 1. The van der Waals surface area contributed by atoms with Gasteiger partial charge in [0.2, 0.25) is 0 Å². The summed E-state index contributed by atoms with van der Waals surface area (Å²) in [4.78, 5) is 0. The summed E-state index contributed by atoms with van der Waals surface area (Å²) < 4.78 is 27.5. The fourth-order valence-electron chi connectivity index (χ4n) is 2.18. The molecule has 90 valence electrons. The van der Waals surface area contributed by atoms with Crippen LogP contribution in [0.3, 0.4) is 0 Å². The minimum absolute atomic E-state index is 0. The SMILES string of the molecule is CC1(c2ccccc2F)NCCCC1F.Cl. The second-order valence-electron chi connectivity index (χ2n) is 4.22. The number of alkyl halides is 1. The van der Waals surface area contributed by atoms with Gasteiger partial charge >= 0.3 is 0 Å².